The quantitative estimate of drug-likeness (QED) is 0.199. The minimum atomic E-state index is -3.98. The monoisotopic (exact) mass is 890 g/mol. The summed E-state index contributed by atoms with van der Waals surface area (Å²) in [6.45, 7) is 6.34. The number of carbonyl (C=O) groups excluding carboxylic acids is 4. The number of allylic oxidation sites excluding steroid dienone is 1. The number of rotatable bonds is 10. The van der Waals surface area contributed by atoms with Crippen LogP contribution in [0.25, 0.3) is 10.9 Å². The Bertz CT molecular complexity index is 2230. The van der Waals surface area contributed by atoms with Gasteiger partial charge in [-0.25, -0.2) is 17.8 Å². The van der Waals surface area contributed by atoms with Gasteiger partial charge in [0.05, 0.1) is 46.2 Å². The Morgan fingerprint density at radius 2 is 1.78 bits per heavy atom. The van der Waals surface area contributed by atoms with Gasteiger partial charge in [-0.15, -0.1) is 6.58 Å². The number of fused-ring (bicyclic) bond motifs is 5. The van der Waals surface area contributed by atoms with Crippen LogP contribution in [0.15, 0.2) is 36.9 Å². The molecule has 63 heavy (non-hydrogen) atoms. The van der Waals surface area contributed by atoms with Crippen LogP contribution >= 0.6 is 0 Å². The van der Waals surface area contributed by atoms with Crippen LogP contribution in [0.1, 0.15) is 122 Å². The van der Waals surface area contributed by atoms with Gasteiger partial charge in [-0.05, 0) is 108 Å². The lowest BCUT2D eigenvalue weighted by molar-refractivity contribution is -0.153. The van der Waals surface area contributed by atoms with Crippen LogP contribution in [-0.2, 0) is 40.4 Å². The SMILES string of the molecule is C=C[C@@H]1CC1(CC(=O)[C@@H]1C[C@@H]2CN1C(=O)[C@H](C1CCCCC1)CC(=O)O[C@@H]1C[C@H]1CCCCCc1c(nc3ccccc3c1O[C@H]1CCNC[C@H]1F)O2)C(=O)NS(=O)(=O)C1(C)CC1. The zero-order valence-electron chi connectivity index (χ0n) is 36.5. The molecule has 342 valence electrons. The van der Waals surface area contributed by atoms with Gasteiger partial charge in [0, 0.05) is 24.8 Å². The molecule has 3 aliphatic heterocycles. The molecule has 15 heteroatoms. The molecule has 2 aromatic rings. The van der Waals surface area contributed by atoms with E-state index in [-0.39, 0.29) is 68.4 Å². The first kappa shape index (κ1) is 44.1. The van der Waals surface area contributed by atoms with Gasteiger partial charge in [0.25, 0.3) is 0 Å². The van der Waals surface area contributed by atoms with E-state index in [4.69, 9.17) is 19.2 Å². The molecule has 2 bridgehead atoms. The minimum Gasteiger partial charge on any atom is -0.486 e. The molecule has 2 amide bonds. The molecule has 9 rings (SSSR count). The van der Waals surface area contributed by atoms with Gasteiger partial charge in [0.1, 0.15) is 30.2 Å². The van der Waals surface area contributed by atoms with Crippen LogP contribution in [0.3, 0.4) is 0 Å². The Labute approximate surface area is 370 Å². The van der Waals surface area contributed by atoms with Crippen LogP contribution in [0.5, 0.6) is 11.6 Å². The number of aromatic nitrogens is 1. The average molecular weight is 891 g/mol. The summed E-state index contributed by atoms with van der Waals surface area (Å²) >= 11 is 0. The third-order valence-electron chi connectivity index (χ3n) is 15.5. The van der Waals surface area contributed by atoms with E-state index in [1.54, 1.807) is 17.9 Å². The van der Waals surface area contributed by atoms with Gasteiger partial charge in [0.2, 0.25) is 27.7 Å². The predicted octanol–water partition coefficient (Wildman–Crippen LogP) is 6.45. The highest BCUT2D eigenvalue weighted by molar-refractivity contribution is 7.91. The molecule has 4 heterocycles. The first-order chi connectivity index (χ1) is 30.3. The summed E-state index contributed by atoms with van der Waals surface area (Å²) in [5, 5.41) is 3.86. The van der Waals surface area contributed by atoms with E-state index in [2.05, 4.69) is 16.6 Å². The Balaban J connectivity index is 1.07. The van der Waals surface area contributed by atoms with E-state index in [1.165, 1.54) is 0 Å². The average Bonchev–Trinajstić information content (AvgIpc) is 4.23. The molecular weight excluding hydrogens is 828 g/mol. The fraction of sp³-hybridized carbons (Fsp3) is 0.688. The number of piperidine rings is 1. The second-order valence-corrected chi connectivity index (χ2v) is 22.1. The number of ketones is 1. The molecule has 1 aromatic carbocycles. The molecule has 13 nitrogen and oxygen atoms in total. The molecule has 2 saturated heterocycles. The number of pyridine rings is 1. The standard InChI is InChI=1S/C48H63FN4O9S/c1-3-31-25-48(31,46(57)52-63(58,59)47(2)19-20-47)26-39(54)38-23-32-28-53(38)45(56)35(29-12-6-4-7-13-29)24-42(55)61-41-22-30(41)14-8-5-9-16-34-43(62-40-18-21-50-27-36(40)49)33-15-10-11-17-37(33)51-44(34)60-32/h3,10-11,15,17,29-32,35-36,38,40-41,50H,1,4-9,12-14,16,18-28H2,2H3,(H,52,57)/t30-,31-,32-,35+,36-,38+,40+,41-,48?/m1/s1. The molecule has 7 aliphatic rings. The number of sulfonamides is 1. The zero-order chi connectivity index (χ0) is 44.1. The number of para-hydroxylation sites is 1. The molecule has 4 saturated carbocycles. The highest BCUT2D eigenvalue weighted by atomic mass is 32.2. The minimum absolute atomic E-state index is 0.0278. The van der Waals surface area contributed by atoms with Crippen molar-refractivity contribution in [1.82, 2.24) is 19.9 Å². The summed E-state index contributed by atoms with van der Waals surface area (Å²) in [6.07, 6.45) is 9.53. The summed E-state index contributed by atoms with van der Waals surface area (Å²) in [4.78, 5) is 64.3. The summed E-state index contributed by atoms with van der Waals surface area (Å²) in [5.41, 5.74) is 0.00536. The molecular formula is C48H63FN4O9S. The Morgan fingerprint density at radius 3 is 2.51 bits per heavy atom. The van der Waals surface area contributed by atoms with Crippen molar-refractivity contribution in [1.29, 1.82) is 0 Å². The molecule has 4 aliphatic carbocycles. The summed E-state index contributed by atoms with van der Waals surface area (Å²) < 4.78 is 62.7. The number of carbonyl (C=O) groups is 4. The molecule has 2 N–H and O–H groups in total. The number of hydrogen-bond acceptors (Lipinski definition) is 11. The number of alkyl halides is 1. The van der Waals surface area contributed by atoms with Crippen molar-refractivity contribution >= 4 is 44.5 Å². The van der Waals surface area contributed by atoms with Crippen LogP contribution in [0.2, 0.25) is 0 Å². The molecule has 0 spiro atoms. The predicted molar refractivity (Wildman–Crippen MR) is 233 cm³/mol. The second-order valence-electron chi connectivity index (χ2n) is 20.0. The number of nitrogens with one attached hydrogen (secondary N) is 2. The lowest BCUT2D eigenvalue weighted by Crippen LogP contribution is -2.48. The number of ether oxygens (including phenoxy) is 3. The van der Waals surface area contributed by atoms with Crippen LogP contribution in [-0.4, -0.2) is 96.8 Å². The third kappa shape index (κ3) is 9.11. The maximum atomic E-state index is 15.4. The van der Waals surface area contributed by atoms with E-state index in [9.17, 15) is 22.8 Å². The van der Waals surface area contributed by atoms with Gasteiger partial charge < -0.3 is 24.4 Å². The number of Topliss-reactive ketones (excluding diaryl/α,β-unsaturated/α-hetero) is 1. The van der Waals surface area contributed by atoms with E-state index >= 15 is 9.18 Å². The highest BCUT2D eigenvalue weighted by Gasteiger charge is 2.62. The van der Waals surface area contributed by atoms with Gasteiger partial charge in [-0.3, -0.25) is 23.9 Å². The smallest absolute Gasteiger partial charge is 0.306 e. The summed E-state index contributed by atoms with van der Waals surface area (Å²) in [5.74, 6) is -1.89. The van der Waals surface area contributed by atoms with Crippen molar-refractivity contribution in [2.75, 3.05) is 19.6 Å². The highest BCUT2D eigenvalue weighted by Crippen LogP contribution is 2.57. The normalized spacial score (nSPS) is 33.7. The molecule has 1 unspecified atom stereocenters. The summed E-state index contributed by atoms with van der Waals surface area (Å²) in [7, 11) is -3.98. The number of esters is 1. The van der Waals surface area contributed by atoms with E-state index in [0.717, 1.165) is 75.2 Å². The second kappa shape index (κ2) is 17.7. The van der Waals surface area contributed by atoms with Gasteiger partial charge in [-0.2, -0.15) is 0 Å². The van der Waals surface area contributed by atoms with Crippen molar-refractivity contribution < 1.29 is 46.2 Å². The Morgan fingerprint density at radius 1 is 1.03 bits per heavy atom. The lowest BCUT2D eigenvalue weighted by Gasteiger charge is -2.34. The van der Waals surface area contributed by atoms with Crippen molar-refractivity contribution in [2.45, 2.75) is 158 Å². The largest absolute Gasteiger partial charge is 0.486 e. The number of amides is 2. The zero-order valence-corrected chi connectivity index (χ0v) is 37.3. The Kier molecular flexibility index (Phi) is 12.4. The lowest BCUT2D eigenvalue weighted by atomic mass is 9.77. The van der Waals surface area contributed by atoms with Crippen molar-refractivity contribution in [3.05, 3.63) is 42.5 Å². The third-order valence-corrected chi connectivity index (χ3v) is 17.6. The molecule has 0 radical (unpaired) electrons. The van der Waals surface area contributed by atoms with Crippen LogP contribution < -0.4 is 19.5 Å². The first-order valence-corrected chi connectivity index (χ1v) is 25.1. The molecule has 1 aromatic heterocycles. The van der Waals surface area contributed by atoms with Crippen molar-refractivity contribution in [3.63, 3.8) is 0 Å². The van der Waals surface area contributed by atoms with Gasteiger partial charge in [-0.1, -0.05) is 50.3 Å². The summed E-state index contributed by atoms with van der Waals surface area (Å²) in [6, 6.07) is 6.55. The number of nitrogens with zero attached hydrogens (tertiary/aromatic N) is 2. The maximum absolute atomic E-state index is 15.4. The van der Waals surface area contributed by atoms with Gasteiger partial charge >= 0.3 is 5.97 Å². The van der Waals surface area contributed by atoms with Crippen LogP contribution in [0, 0.1) is 29.1 Å². The van der Waals surface area contributed by atoms with Crippen molar-refractivity contribution in [3.8, 4) is 11.6 Å². The maximum Gasteiger partial charge on any atom is 0.306 e. The van der Waals surface area contributed by atoms with E-state index < -0.39 is 68.3 Å². The topological polar surface area (TPSA) is 170 Å². The van der Waals surface area contributed by atoms with Crippen LogP contribution in [0.4, 0.5) is 4.39 Å². The first-order valence-electron chi connectivity index (χ1n) is 23.6. The van der Waals surface area contributed by atoms with E-state index in [1.807, 2.05) is 24.3 Å². The molecule has 9 atom stereocenters. The van der Waals surface area contributed by atoms with Gasteiger partial charge in [0.15, 0.2) is 5.78 Å². The van der Waals surface area contributed by atoms with Crippen molar-refractivity contribution in [2.24, 2.45) is 29.1 Å². The fourth-order valence-electron chi connectivity index (χ4n) is 10.9. The fourth-order valence-corrected chi connectivity index (χ4v) is 12.2. The number of benzene rings is 1. The Hall–Kier alpha value is -4.11. The number of halogens is 1. The number of hydrogen-bond donors (Lipinski definition) is 2. The molecule has 6 fully saturated rings. The van der Waals surface area contributed by atoms with E-state index in [0.29, 0.717) is 49.4 Å².